The number of nitrogens with zero attached hydrogens (tertiary/aromatic N) is 5. The Morgan fingerprint density at radius 2 is 2.15 bits per heavy atom. The van der Waals surface area contributed by atoms with E-state index in [-0.39, 0.29) is 35.4 Å². The summed E-state index contributed by atoms with van der Waals surface area (Å²) in [6.45, 7) is 2.11. The van der Waals surface area contributed by atoms with E-state index in [0.717, 1.165) is 11.3 Å². The molecule has 3 aromatic rings. The normalized spacial score (nSPS) is 19.1. The maximum atomic E-state index is 13.1. The highest BCUT2D eigenvalue weighted by atomic mass is 32.2. The highest BCUT2D eigenvalue weighted by Gasteiger charge is 2.54. The van der Waals surface area contributed by atoms with Crippen LogP contribution in [0.3, 0.4) is 0 Å². The molecule has 0 spiro atoms. The van der Waals surface area contributed by atoms with Crippen LogP contribution in [0.4, 0.5) is 5.13 Å². The van der Waals surface area contributed by atoms with Gasteiger partial charge in [0.05, 0.1) is 6.20 Å². The number of carbonyl (C=O) groups excluding carboxylic acids is 3. The first-order chi connectivity index (χ1) is 18.7. The zero-order valence-electron chi connectivity index (χ0n) is 20.4. The van der Waals surface area contributed by atoms with Gasteiger partial charge in [-0.25, -0.2) is 9.78 Å². The average molecular weight is 572 g/mol. The molecule has 1 fully saturated rings. The third-order valence-electron chi connectivity index (χ3n) is 6.08. The first kappa shape index (κ1) is 26.2. The number of aromatic nitrogens is 3. The average Bonchev–Trinajstić information content (AvgIpc) is 3.53. The fraction of sp³-hybridized carbons (Fsp3) is 0.261. The maximum Gasteiger partial charge on any atom is 0.352 e. The number of thioether (sulfide) groups is 1. The van der Waals surface area contributed by atoms with Gasteiger partial charge in [0.1, 0.15) is 40.6 Å². The molecular formula is C23H23N8O6S2+. The number of primary amides is 1. The zero-order chi connectivity index (χ0) is 27.8. The van der Waals surface area contributed by atoms with Crippen LogP contribution in [0, 0.1) is 0 Å². The quantitative estimate of drug-likeness (QED) is 0.114. The van der Waals surface area contributed by atoms with Crippen LogP contribution in [0.25, 0.3) is 5.52 Å². The first-order valence-electron chi connectivity index (χ1n) is 11.6. The fourth-order valence-electron chi connectivity index (χ4n) is 4.36. The van der Waals surface area contributed by atoms with Crippen LogP contribution in [-0.2, 0) is 25.8 Å². The number of carbonyl (C=O) groups is 4. The second-order valence-corrected chi connectivity index (χ2v) is 10.5. The number of β-lactam (4-membered cyclic amide) rings is 1. The SMILES string of the molecule is CCO/N=C(\C(=O)N[C@@H]1C(=O)N2C(C(=O)O)=C(C[n+]3ccn4c(C(N)=O)ccc4c3)CS[C@H]12)c1csc(N)n1. The van der Waals surface area contributed by atoms with E-state index in [1.807, 2.05) is 0 Å². The predicted molar refractivity (Wildman–Crippen MR) is 140 cm³/mol. The molecule has 3 aromatic heterocycles. The van der Waals surface area contributed by atoms with Crippen LogP contribution in [0.2, 0.25) is 0 Å². The van der Waals surface area contributed by atoms with Gasteiger partial charge in [-0.1, -0.05) is 5.16 Å². The van der Waals surface area contributed by atoms with Crippen LogP contribution in [0.5, 0.6) is 0 Å². The van der Waals surface area contributed by atoms with Gasteiger partial charge in [0.25, 0.3) is 17.7 Å². The molecule has 5 rings (SSSR count). The molecule has 39 heavy (non-hydrogen) atoms. The molecule has 0 saturated carbocycles. The van der Waals surface area contributed by atoms with Crippen LogP contribution in [-0.4, -0.2) is 72.6 Å². The van der Waals surface area contributed by atoms with Crippen molar-refractivity contribution in [3.63, 3.8) is 0 Å². The summed E-state index contributed by atoms with van der Waals surface area (Å²) in [7, 11) is 0. The molecule has 0 aliphatic carbocycles. The highest BCUT2D eigenvalue weighted by Crippen LogP contribution is 2.40. The lowest BCUT2D eigenvalue weighted by atomic mass is 10.0. The minimum absolute atomic E-state index is 0.120. The van der Waals surface area contributed by atoms with Crippen molar-refractivity contribution in [3.05, 3.63) is 58.8 Å². The number of hydrogen-bond donors (Lipinski definition) is 4. The number of rotatable bonds is 9. The Labute approximate surface area is 228 Å². The predicted octanol–water partition coefficient (Wildman–Crippen LogP) is -0.456. The lowest BCUT2D eigenvalue weighted by molar-refractivity contribution is -0.688. The van der Waals surface area contributed by atoms with Crippen LogP contribution >= 0.6 is 23.1 Å². The van der Waals surface area contributed by atoms with Gasteiger partial charge in [-0.15, -0.1) is 23.1 Å². The summed E-state index contributed by atoms with van der Waals surface area (Å²) in [5, 5.41) is 17.6. The standard InChI is InChI=1S/C23H22N8O6S2/c1-2-37-28-15(13-10-39-23(25)26-13)19(33)27-16-20(34)31-17(22(35)36)11(9-38-21(16)31)7-29-5-6-30-12(8-29)3-4-14(30)18(24)32/h3-6,8,10,16,21H,2,7,9H2,1H3,(H5-,24,25,26,27,32,33,35,36)/p+1/b28-15-/t16-,21-/m1/s1. The maximum absolute atomic E-state index is 13.1. The number of oxime groups is 1. The monoisotopic (exact) mass is 571 g/mol. The molecule has 3 amide bonds. The van der Waals surface area contributed by atoms with Crippen molar-refractivity contribution in [1.29, 1.82) is 0 Å². The summed E-state index contributed by atoms with van der Waals surface area (Å²) in [6.07, 6.45) is 5.10. The Hall–Kier alpha value is -4.44. The summed E-state index contributed by atoms with van der Waals surface area (Å²) < 4.78 is 3.39. The molecule has 2 aliphatic rings. The van der Waals surface area contributed by atoms with Gasteiger partial charge in [0.2, 0.25) is 0 Å². The summed E-state index contributed by atoms with van der Waals surface area (Å²) in [6, 6.07) is 2.37. The largest absolute Gasteiger partial charge is 0.477 e. The Balaban J connectivity index is 1.36. The summed E-state index contributed by atoms with van der Waals surface area (Å²) >= 11 is 2.47. The van der Waals surface area contributed by atoms with E-state index in [1.165, 1.54) is 16.7 Å². The summed E-state index contributed by atoms with van der Waals surface area (Å²) in [4.78, 5) is 60.3. The van der Waals surface area contributed by atoms with Gasteiger partial charge in [-0.05, 0) is 19.1 Å². The zero-order valence-corrected chi connectivity index (χ0v) is 22.1. The van der Waals surface area contributed by atoms with Crippen molar-refractivity contribution in [2.45, 2.75) is 24.9 Å². The number of thiazole rings is 1. The van der Waals surface area contributed by atoms with E-state index in [4.69, 9.17) is 16.3 Å². The topological polar surface area (TPSA) is 199 Å². The van der Waals surface area contributed by atoms with Gasteiger partial charge in [0, 0.05) is 16.7 Å². The molecule has 16 heteroatoms. The number of nitrogens with two attached hydrogens (primary N) is 2. The Bertz CT molecular complexity index is 1580. The first-order valence-corrected chi connectivity index (χ1v) is 13.5. The van der Waals surface area contributed by atoms with Crippen molar-refractivity contribution in [2.24, 2.45) is 10.9 Å². The minimum atomic E-state index is -1.25. The van der Waals surface area contributed by atoms with Gasteiger partial charge >= 0.3 is 5.97 Å². The third kappa shape index (κ3) is 4.79. The number of anilines is 1. The second-order valence-electron chi connectivity index (χ2n) is 8.52. The lowest BCUT2D eigenvalue weighted by Crippen LogP contribution is -2.71. The van der Waals surface area contributed by atoms with E-state index < -0.39 is 35.1 Å². The Kier molecular flexibility index (Phi) is 6.96. The number of amides is 3. The van der Waals surface area contributed by atoms with Crippen molar-refractivity contribution in [3.8, 4) is 0 Å². The number of aliphatic carboxylic acids is 1. The number of nitrogen functional groups attached to an aromatic ring is 1. The fourth-order valence-corrected chi connectivity index (χ4v) is 6.25. The number of fused-ring (bicyclic) bond motifs is 2. The van der Waals surface area contributed by atoms with E-state index in [2.05, 4.69) is 15.5 Å². The van der Waals surface area contributed by atoms with E-state index >= 15 is 0 Å². The van der Waals surface area contributed by atoms with Gasteiger partial charge in [-0.3, -0.25) is 19.3 Å². The van der Waals surface area contributed by atoms with E-state index in [0.29, 0.717) is 22.5 Å². The number of hydrogen-bond acceptors (Lipinski definition) is 10. The Morgan fingerprint density at radius 1 is 1.36 bits per heavy atom. The minimum Gasteiger partial charge on any atom is -0.477 e. The molecule has 0 unspecified atom stereocenters. The number of carboxylic acid groups (broad SMARTS) is 1. The van der Waals surface area contributed by atoms with Crippen LogP contribution < -0.4 is 21.4 Å². The molecule has 6 N–H and O–H groups in total. The van der Waals surface area contributed by atoms with Gasteiger partial charge < -0.3 is 31.1 Å². The van der Waals surface area contributed by atoms with Crippen molar-refractivity contribution in [2.75, 3.05) is 18.1 Å². The molecule has 0 aromatic carbocycles. The summed E-state index contributed by atoms with van der Waals surface area (Å²) in [5.74, 6) is -2.74. The lowest BCUT2D eigenvalue weighted by Gasteiger charge is -2.49. The smallest absolute Gasteiger partial charge is 0.352 e. The van der Waals surface area contributed by atoms with Gasteiger partial charge in [-0.2, -0.15) is 4.57 Å². The molecule has 5 heterocycles. The van der Waals surface area contributed by atoms with E-state index in [1.54, 1.807) is 52.0 Å². The van der Waals surface area contributed by atoms with Crippen molar-refractivity contribution >= 4 is 63.1 Å². The van der Waals surface area contributed by atoms with E-state index in [9.17, 15) is 24.3 Å². The third-order valence-corrected chi connectivity index (χ3v) is 8.10. The molecular weight excluding hydrogens is 548 g/mol. The highest BCUT2D eigenvalue weighted by molar-refractivity contribution is 8.00. The van der Waals surface area contributed by atoms with Crippen LogP contribution in [0.1, 0.15) is 23.1 Å². The van der Waals surface area contributed by atoms with Gasteiger partial charge in [0.15, 0.2) is 29.8 Å². The molecule has 0 bridgehead atoms. The molecule has 202 valence electrons. The van der Waals surface area contributed by atoms with Crippen molar-refractivity contribution < 1.29 is 33.7 Å². The van der Waals surface area contributed by atoms with Crippen molar-refractivity contribution in [1.82, 2.24) is 19.6 Å². The number of nitrogens with one attached hydrogen (secondary N) is 1. The molecule has 1 saturated heterocycles. The summed E-state index contributed by atoms with van der Waals surface area (Å²) in [5.41, 5.74) is 12.6. The molecule has 2 atom stereocenters. The second kappa shape index (κ2) is 10.4. The molecule has 14 nitrogen and oxygen atoms in total. The molecule has 2 aliphatic heterocycles. The van der Waals surface area contributed by atoms with Crippen LogP contribution in [0.15, 0.2) is 52.5 Å². The molecule has 0 radical (unpaired) electrons. The number of carboxylic acids is 1. The Morgan fingerprint density at radius 3 is 2.82 bits per heavy atom.